The molecule has 0 aliphatic rings. The Bertz CT molecular complexity index is 775. The van der Waals surface area contributed by atoms with Gasteiger partial charge in [-0.25, -0.2) is 19.3 Å². The van der Waals surface area contributed by atoms with E-state index < -0.39 is 0 Å². The molecule has 19 heavy (non-hydrogen) atoms. The maximum atomic E-state index is 11.3. The fourth-order valence-electron chi connectivity index (χ4n) is 1.77. The molecular weight excluding hydrogens is 244 g/mol. The quantitative estimate of drug-likeness (QED) is 0.721. The van der Waals surface area contributed by atoms with Crippen LogP contribution >= 0.6 is 0 Å². The van der Waals surface area contributed by atoms with Gasteiger partial charge in [0, 0.05) is 25.0 Å². The second-order valence-corrected chi connectivity index (χ2v) is 4.19. The van der Waals surface area contributed by atoms with E-state index in [0.717, 1.165) is 5.56 Å². The zero-order valence-electron chi connectivity index (χ0n) is 10.3. The molecule has 7 heteroatoms. The molecule has 3 heterocycles. The lowest BCUT2D eigenvalue weighted by Crippen LogP contribution is -2.10. The number of anilines is 1. The second-order valence-electron chi connectivity index (χ2n) is 4.19. The molecule has 0 amide bonds. The van der Waals surface area contributed by atoms with Crippen LogP contribution in [0, 0.1) is 6.92 Å². The molecule has 0 spiro atoms. The Labute approximate surface area is 108 Å². The highest BCUT2D eigenvalue weighted by atomic mass is 16.1. The Morgan fingerprint density at radius 3 is 3.21 bits per heavy atom. The van der Waals surface area contributed by atoms with E-state index in [1.54, 1.807) is 12.3 Å². The molecule has 0 aliphatic carbocycles. The minimum absolute atomic E-state index is 0.294. The summed E-state index contributed by atoms with van der Waals surface area (Å²) in [6.07, 6.45) is 5.03. The molecule has 0 atom stereocenters. The van der Waals surface area contributed by atoms with Crippen molar-refractivity contribution in [3.63, 3.8) is 0 Å². The van der Waals surface area contributed by atoms with Crippen LogP contribution < -0.4 is 11.0 Å². The van der Waals surface area contributed by atoms with E-state index in [4.69, 9.17) is 0 Å². The van der Waals surface area contributed by atoms with Crippen molar-refractivity contribution in [1.82, 2.24) is 24.6 Å². The number of hydrogen-bond donors (Lipinski definition) is 2. The Kier molecular flexibility index (Phi) is 2.71. The SMILES string of the molecule is Cc1ccncc1CNc1cc2n[nH]c(=O)n2cn1. The summed E-state index contributed by atoms with van der Waals surface area (Å²) >= 11 is 0. The monoisotopic (exact) mass is 256 g/mol. The number of aromatic nitrogens is 5. The smallest absolute Gasteiger partial charge is 0.348 e. The Hall–Kier alpha value is -2.70. The number of H-pyrrole nitrogens is 1. The summed E-state index contributed by atoms with van der Waals surface area (Å²) in [4.78, 5) is 19.5. The first-order valence-electron chi connectivity index (χ1n) is 5.80. The highest BCUT2D eigenvalue weighted by molar-refractivity contribution is 5.48. The minimum Gasteiger partial charge on any atom is -0.366 e. The third kappa shape index (κ3) is 2.17. The zero-order valence-corrected chi connectivity index (χ0v) is 10.3. The van der Waals surface area contributed by atoms with Crippen LogP contribution in [0.3, 0.4) is 0 Å². The molecule has 3 aromatic rings. The van der Waals surface area contributed by atoms with Crippen molar-refractivity contribution in [2.45, 2.75) is 13.5 Å². The molecule has 0 saturated carbocycles. The molecule has 0 aromatic carbocycles. The standard InChI is InChI=1S/C12H12N6O/c1-8-2-3-13-5-9(8)6-14-10-4-11-16-17-12(19)18(11)7-15-10/h2-5,7,14H,6H2,1H3,(H,17,19). The van der Waals surface area contributed by atoms with E-state index in [9.17, 15) is 4.79 Å². The van der Waals surface area contributed by atoms with Gasteiger partial charge in [0.25, 0.3) is 0 Å². The number of hydrogen-bond acceptors (Lipinski definition) is 5. The van der Waals surface area contributed by atoms with Crippen LogP contribution in [-0.4, -0.2) is 24.6 Å². The number of nitrogens with zero attached hydrogens (tertiary/aromatic N) is 4. The van der Waals surface area contributed by atoms with E-state index in [0.29, 0.717) is 18.0 Å². The summed E-state index contributed by atoms with van der Waals surface area (Å²) in [6, 6.07) is 3.67. The van der Waals surface area contributed by atoms with Gasteiger partial charge in [-0.2, -0.15) is 5.10 Å². The van der Waals surface area contributed by atoms with Crippen LogP contribution in [0.4, 0.5) is 5.82 Å². The molecule has 96 valence electrons. The highest BCUT2D eigenvalue weighted by Gasteiger charge is 2.03. The molecule has 0 bridgehead atoms. The first-order valence-corrected chi connectivity index (χ1v) is 5.80. The van der Waals surface area contributed by atoms with E-state index >= 15 is 0 Å². The zero-order chi connectivity index (χ0) is 13.2. The first kappa shape index (κ1) is 11.4. The Balaban J connectivity index is 1.82. The highest BCUT2D eigenvalue weighted by Crippen LogP contribution is 2.09. The van der Waals surface area contributed by atoms with Crippen molar-refractivity contribution in [3.05, 3.63) is 52.5 Å². The predicted octanol–water partition coefficient (Wildman–Crippen LogP) is 0.733. The first-order chi connectivity index (χ1) is 9.24. The number of pyridine rings is 1. The molecule has 3 rings (SSSR count). The van der Waals surface area contributed by atoms with Crippen LogP contribution in [0.1, 0.15) is 11.1 Å². The van der Waals surface area contributed by atoms with E-state index in [-0.39, 0.29) is 5.69 Å². The summed E-state index contributed by atoms with van der Waals surface area (Å²) in [5, 5.41) is 9.43. The van der Waals surface area contributed by atoms with Gasteiger partial charge in [-0.1, -0.05) is 0 Å². The number of aryl methyl sites for hydroxylation is 1. The fourth-order valence-corrected chi connectivity index (χ4v) is 1.77. The normalized spacial score (nSPS) is 10.8. The lowest BCUT2D eigenvalue weighted by molar-refractivity contribution is 0.987. The van der Waals surface area contributed by atoms with E-state index in [1.165, 1.54) is 16.3 Å². The van der Waals surface area contributed by atoms with Crippen molar-refractivity contribution in [2.75, 3.05) is 5.32 Å². The largest absolute Gasteiger partial charge is 0.366 e. The summed E-state index contributed by atoms with van der Waals surface area (Å²) in [5.41, 5.74) is 2.51. The van der Waals surface area contributed by atoms with Gasteiger partial charge in [0.05, 0.1) is 0 Å². The number of fused-ring (bicyclic) bond motifs is 1. The fraction of sp³-hybridized carbons (Fsp3) is 0.167. The van der Waals surface area contributed by atoms with Gasteiger partial charge < -0.3 is 5.32 Å². The molecule has 2 N–H and O–H groups in total. The lowest BCUT2D eigenvalue weighted by atomic mass is 10.1. The molecule has 0 radical (unpaired) electrons. The summed E-state index contributed by atoms with van der Waals surface area (Å²) in [5.74, 6) is 0.662. The molecule has 0 fully saturated rings. The average Bonchev–Trinajstić information content (AvgIpc) is 2.79. The summed E-state index contributed by atoms with van der Waals surface area (Å²) in [7, 11) is 0. The van der Waals surface area contributed by atoms with Crippen molar-refractivity contribution in [2.24, 2.45) is 0 Å². The van der Waals surface area contributed by atoms with E-state index in [1.807, 2.05) is 19.2 Å². The van der Waals surface area contributed by atoms with Crippen LogP contribution in [-0.2, 0) is 6.54 Å². The van der Waals surface area contributed by atoms with Crippen LogP contribution in [0.2, 0.25) is 0 Å². The van der Waals surface area contributed by atoms with Gasteiger partial charge in [0.1, 0.15) is 12.1 Å². The van der Waals surface area contributed by atoms with Gasteiger partial charge in [0.15, 0.2) is 5.65 Å². The van der Waals surface area contributed by atoms with Crippen LogP contribution in [0.15, 0.2) is 35.6 Å². The topological polar surface area (TPSA) is 88.0 Å². The van der Waals surface area contributed by atoms with Crippen molar-refractivity contribution in [1.29, 1.82) is 0 Å². The lowest BCUT2D eigenvalue weighted by Gasteiger charge is -2.07. The second kappa shape index (κ2) is 4.52. The van der Waals surface area contributed by atoms with Crippen molar-refractivity contribution < 1.29 is 0 Å². The molecule has 0 aliphatic heterocycles. The maximum absolute atomic E-state index is 11.3. The predicted molar refractivity (Wildman–Crippen MR) is 69.9 cm³/mol. The van der Waals surface area contributed by atoms with Gasteiger partial charge in [0.2, 0.25) is 0 Å². The van der Waals surface area contributed by atoms with E-state index in [2.05, 4.69) is 25.5 Å². The molecule has 7 nitrogen and oxygen atoms in total. The molecular formula is C12H12N6O. The number of aromatic amines is 1. The van der Waals surface area contributed by atoms with Crippen LogP contribution in [0.5, 0.6) is 0 Å². The third-order valence-corrected chi connectivity index (χ3v) is 2.92. The maximum Gasteiger partial charge on any atom is 0.348 e. The summed E-state index contributed by atoms with van der Waals surface area (Å²) in [6.45, 7) is 2.65. The number of rotatable bonds is 3. The molecule has 0 saturated heterocycles. The molecule has 3 aromatic heterocycles. The van der Waals surface area contributed by atoms with Gasteiger partial charge >= 0.3 is 5.69 Å². The van der Waals surface area contributed by atoms with Crippen LogP contribution in [0.25, 0.3) is 5.65 Å². The number of nitrogens with one attached hydrogen (secondary N) is 2. The van der Waals surface area contributed by atoms with Gasteiger partial charge in [-0.3, -0.25) is 4.98 Å². The Morgan fingerprint density at radius 1 is 1.47 bits per heavy atom. The summed E-state index contributed by atoms with van der Waals surface area (Å²) < 4.78 is 1.35. The van der Waals surface area contributed by atoms with Crippen molar-refractivity contribution in [3.8, 4) is 0 Å². The van der Waals surface area contributed by atoms with Crippen molar-refractivity contribution >= 4 is 11.5 Å². The Morgan fingerprint density at radius 2 is 2.37 bits per heavy atom. The van der Waals surface area contributed by atoms with Gasteiger partial charge in [-0.05, 0) is 24.1 Å². The third-order valence-electron chi connectivity index (χ3n) is 2.92. The van der Waals surface area contributed by atoms with Gasteiger partial charge in [-0.15, -0.1) is 0 Å². The molecule has 0 unspecified atom stereocenters. The average molecular weight is 256 g/mol. The minimum atomic E-state index is -0.294.